The third-order valence-corrected chi connectivity index (χ3v) is 5.91. The van der Waals surface area contributed by atoms with Gasteiger partial charge >= 0.3 is 0 Å². The first-order chi connectivity index (χ1) is 15.6. The molecule has 1 aliphatic rings. The van der Waals surface area contributed by atoms with Crippen molar-refractivity contribution in [1.29, 1.82) is 5.26 Å². The summed E-state index contributed by atoms with van der Waals surface area (Å²) in [5, 5.41) is 12.1. The normalized spacial score (nSPS) is 14.8. The van der Waals surface area contributed by atoms with Crippen LogP contribution in [0.3, 0.4) is 0 Å². The third kappa shape index (κ3) is 7.06. The van der Waals surface area contributed by atoms with E-state index in [0.29, 0.717) is 16.9 Å². The van der Waals surface area contributed by atoms with Crippen molar-refractivity contribution in [3.8, 4) is 11.8 Å². The van der Waals surface area contributed by atoms with Crippen LogP contribution in [0.1, 0.15) is 73.9 Å². The average Bonchev–Trinajstić information content (AvgIpc) is 2.81. The molecule has 0 bridgehead atoms. The highest BCUT2D eigenvalue weighted by Crippen LogP contribution is 2.19. The van der Waals surface area contributed by atoms with E-state index in [-0.39, 0.29) is 18.1 Å². The summed E-state index contributed by atoms with van der Waals surface area (Å²) in [7, 11) is 0. The predicted octanol–water partition coefficient (Wildman–Crippen LogP) is 4.70. The highest BCUT2D eigenvalue weighted by atomic mass is 16.5. The maximum atomic E-state index is 12.8. The highest BCUT2D eigenvalue weighted by Gasteiger charge is 2.22. The van der Waals surface area contributed by atoms with E-state index < -0.39 is 0 Å². The summed E-state index contributed by atoms with van der Waals surface area (Å²) in [6, 6.07) is 11.9. The zero-order chi connectivity index (χ0) is 22.8. The first-order valence-corrected chi connectivity index (χ1v) is 11.7. The number of carbonyl (C=O) groups excluding carboxylic acids is 1. The van der Waals surface area contributed by atoms with Gasteiger partial charge in [-0.2, -0.15) is 5.26 Å². The smallest absolute Gasteiger partial charge is 0.253 e. The molecule has 0 aliphatic carbocycles. The summed E-state index contributed by atoms with van der Waals surface area (Å²) in [4.78, 5) is 19.4. The molecule has 0 unspecified atom stereocenters. The largest absolute Gasteiger partial charge is 0.489 e. The predicted molar refractivity (Wildman–Crippen MR) is 125 cm³/mol. The van der Waals surface area contributed by atoms with Crippen LogP contribution in [0.5, 0.6) is 5.75 Å². The van der Waals surface area contributed by atoms with Gasteiger partial charge in [0.15, 0.2) is 0 Å². The van der Waals surface area contributed by atoms with Gasteiger partial charge in [0.05, 0.1) is 29.5 Å². The quantitative estimate of drug-likeness (QED) is 0.587. The van der Waals surface area contributed by atoms with Crippen molar-refractivity contribution in [2.24, 2.45) is 0 Å². The third-order valence-electron chi connectivity index (χ3n) is 5.91. The van der Waals surface area contributed by atoms with Crippen molar-refractivity contribution in [2.75, 3.05) is 13.1 Å². The van der Waals surface area contributed by atoms with Crippen LogP contribution in [0.25, 0.3) is 0 Å². The van der Waals surface area contributed by atoms with E-state index in [2.05, 4.69) is 35.1 Å². The molecule has 6 nitrogen and oxygen atoms in total. The number of nitrogens with one attached hydrogen (secondary N) is 1. The summed E-state index contributed by atoms with van der Waals surface area (Å²) in [5.41, 5.74) is 2.44. The number of rotatable bonds is 10. The molecular formula is C26H34N4O2. The lowest BCUT2D eigenvalue weighted by atomic mass is 10.0. The van der Waals surface area contributed by atoms with E-state index in [0.717, 1.165) is 58.2 Å². The number of pyridine rings is 1. The van der Waals surface area contributed by atoms with Gasteiger partial charge in [0.2, 0.25) is 0 Å². The van der Waals surface area contributed by atoms with E-state index in [4.69, 9.17) is 10.00 Å². The molecule has 0 saturated carbocycles. The lowest BCUT2D eigenvalue weighted by Gasteiger charge is -2.32. The number of hydrogen-bond acceptors (Lipinski definition) is 5. The number of piperidine rings is 1. The molecule has 1 amide bonds. The molecule has 1 fully saturated rings. The second kappa shape index (κ2) is 12.2. The molecule has 1 aliphatic heterocycles. The Morgan fingerprint density at radius 3 is 2.50 bits per heavy atom. The fraction of sp³-hybridized carbons (Fsp3) is 0.500. The number of nitriles is 1. The maximum Gasteiger partial charge on any atom is 0.253 e. The molecule has 0 spiro atoms. The minimum absolute atomic E-state index is 0.0870. The van der Waals surface area contributed by atoms with Gasteiger partial charge in [-0.05, 0) is 49.4 Å². The van der Waals surface area contributed by atoms with Gasteiger partial charge in [0.1, 0.15) is 5.75 Å². The zero-order valence-corrected chi connectivity index (χ0v) is 19.2. The van der Waals surface area contributed by atoms with E-state index in [1.54, 1.807) is 18.5 Å². The Hall–Kier alpha value is -2.91. The molecule has 0 atom stereocenters. The Labute approximate surface area is 191 Å². The number of ether oxygens (including phenoxy) is 1. The van der Waals surface area contributed by atoms with E-state index in [1.807, 2.05) is 24.3 Å². The summed E-state index contributed by atoms with van der Waals surface area (Å²) in [6.45, 7) is 7.05. The molecule has 1 aromatic heterocycles. The Bertz CT molecular complexity index is 893. The Morgan fingerprint density at radius 1 is 1.19 bits per heavy atom. The average molecular weight is 435 g/mol. The summed E-state index contributed by atoms with van der Waals surface area (Å²) >= 11 is 0. The zero-order valence-electron chi connectivity index (χ0n) is 19.2. The molecule has 2 aromatic rings. The van der Waals surface area contributed by atoms with Gasteiger partial charge < -0.3 is 10.1 Å². The van der Waals surface area contributed by atoms with Gasteiger partial charge in [-0.1, -0.05) is 38.8 Å². The fourth-order valence-electron chi connectivity index (χ4n) is 4.15. The monoisotopic (exact) mass is 434 g/mol. The minimum atomic E-state index is -0.0870. The minimum Gasteiger partial charge on any atom is -0.489 e. The molecule has 1 N–H and O–H groups in total. The van der Waals surface area contributed by atoms with Crippen LogP contribution in [0.15, 0.2) is 42.7 Å². The number of hydrogen-bond donors (Lipinski definition) is 1. The number of aromatic nitrogens is 1. The molecule has 170 valence electrons. The van der Waals surface area contributed by atoms with Crippen molar-refractivity contribution in [2.45, 2.75) is 71.1 Å². The molecule has 0 radical (unpaired) electrons. The maximum absolute atomic E-state index is 12.8. The highest BCUT2D eigenvalue weighted by molar-refractivity contribution is 5.94. The van der Waals surface area contributed by atoms with Crippen molar-refractivity contribution in [3.63, 3.8) is 0 Å². The fourth-order valence-corrected chi connectivity index (χ4v) is 4.15. The SMILES string of the molecule is CCCC(CCC)Oc1cncc(C(=O)NC2CCN(Cc3ccc(C#N)cc3)CC2)c1. The number of amides is 1. The van der Waals surface area contributed by atoms with Crippen LogP contribution in [0.2, 0.25) is 0 Å². The van der Waals surface area contributed by atoms with Crippen LogP contribution < -0.4 is 10.1 Å². The van der Waals surface area contributed by atoms with Crippen molar-refractivity contribution < 1.29 is 9.53 Å². The summed E-state index contributed by atoms with van der Waals surface area (Å²) < 4.78 is 6.09. The number of nitrogens with zero attached hydrogens (tertiary/aromatic N) is 3. The number of likely N-dealkylation sites (tertiary alicyclic amines) is 1. The second-order valence-corrected chi connectivity index (χ2v) is 8.56. The van der Waals surface area contributed by atoms with Crippen molar-refractivity contribution in [3.05, 3.63) is 59.4 Å². The molecule has 6 heteroatoms. The van der Waals surface area contributed by atoms with Crippen molar-refractivity contribution in [1.82, 2.24) is 15.2 Å². The van der Waals surface area contributed by atoms with Gasteiger partial charge in [0, 0.05) is 31.9 Å². The van der Waals surface area contributed by atoms with Gasteiger partial charge in [-0.25, -0.2) is 0 Å². The van der Waals surface area contributed by atoms with Gasteiger partial charge in [-0.3, -0.25) is 14.7 Å². The topological polar surface area (TPSA) is 78.2 Å². The van der Waals surface area contributed by atoms with Crippen LogP contribution in [-0.4, -0.2) is 41.0 Å². The number of benzene rings is 1. The first kappa shape index (κ1) is 23.7. The molecular weight excluding hydrogens is 400 g/mol. The Balaban J connectivity index is 1.48. The lowest BCUT2D eigenvalue weighted by Crippen LogP contribution is -2.44. The van der Waals surface area contributed by atoms with Gasteiger partial charge in [0.25, 0.3) is 5.91 Å². The molecule has 2 heterocycles. The van der Waals surface area contributed by atoms with Crippen LogP contribution >= 0.6 is 0 Å². The van der Waals surface area contributed by atoms with Crippen LogP contribution in [-0.2, 0) is 6.54 Å². The lowest BCUT2D eigenvalue weighted by molar-refractivity contribution is 0.0907. The first-order valence-electron chi connectivity index (χ1n) is 11.7. The summed E-state index contributed by atoms with van der Waals surface area (Å²) in [6.07, 6.45) is 9.46. The Morgan fingerprint density at radius 2 is 1.88 bits per heavy atom. The summed E-state index contributed by atoms with van der Waals surface area (Å²) in [5.74, 6) is 0.581. The van der Waals surface area contributed by atoms with Crippen LogP contribution in [0, 0.1) is 11.3 Å². The van der Waals surface area contributed by atoms with Crippen molar-refractivity contribution >= 4 is 5.91 Å². The standard InChI is InChI=1S/C26H34N4O2/c1-3-5-24(6-4-2)32-25-15-22(17-28-18-25)26(31)29-23-11-13-30(14-12-23)19-21-9-7-20(16-27)8-10-21/h7-10,15,17-18,23-24H,3-6,11-14,19H2,1-2H3,(H,29,31). The second-order valence-electron chi connectivity index (χ2n) is 8.56. The molecule has 32 heavy (non-hydrogen) atoms. The molecule has 1 aromatic carbocycles. The number of carbonyl (C=O) groups is 1. The molecule has 3 rings (SSSR count). The van der Waals surface area contributed by atoms with E-state index in [9.17, 15) is 4.79 Å². The molecule has 1 saturated heterocycles. The Kier molecular flexibility index (Phi) is 9.06. The van der Waals surface area contributed by atoms with E-state index in [1.165, 1.54) is 5.56 Å². The van der Waals surface area contributed by atoms with E-state index >= 15 is 0 Å². The van der Waals surface area contributed by atoms with Gasteiger partial charge in [-0.15, -0.1) is 0 Å². The van der Waals surface area contributed by atoms with Crippen LogP contribution in [0.4, 0.5) is 0 Å².